The van der Waals surface area contributed by atoms with Crippen molar-refractivity contribution in [2.24, 2.45) is 0 Å². The van der Waals surface area contributed by atoms with E-state index in [1.165, 1.54) is 36.4 Å². The van der Waals surface area contributed by atoms with Crippen LogP contribution in [-0.4, -0.2) is 18.6 Å². The molecule has 0 saturated heterocycles. The zero-order chi connectivity index (χ0) is 25.3. The van der Waals surface area contributed by atoms with E-state index in [9.17, 15) is 18.6 Å². The lowest BCUT2D eigenvalue weighted by Crippen LogP contribution is -2.06. The van der Waals surface area contributed by atoms with Gasteiger partial charge in [-0.1, -0.05) is 76.2 Å². The third kappa shape index (κ3) is 4.96. The van der Waals surface area contributed by atoms with Crippen LogP contribution in [0.4, 0.5) is 0 Å². The van der Waals surface area contributed by atoms with Gasteiger partial charge in [-0.25, -0.2) is 8.42 Å². The molecule has 0 aliphatic carbocycles. The molecule has 5 heteroatoms. The largest absolute Gasteiger partial charge is 0.508 e. The summed E-state index contributed by atoms with van der Waals surface area (Å²) in [7, 11) is -4.01. The Morgan fingerprint density at radius 2 is 0.886 bits per heavy atom. The van der Waals surface area contributed by atoms with E-state index in [0.717, 1.165) is 11.1 Å². The van der Waals surface area contributed by atoms with Crippen molar-refractivity contribution in [1.82, 2.24) is 0 Å². The van der Waals surface area contributed by atoms with Crippen molar-refractivity contribution in [2.45, 2.75) is 49.3 Å². The predicted molar refractivity (Wildman–Crippen MR) is 141 cm³/mol. The van der Waals surface area contributed by atoms with Crippen molar-refractivity contribution < 1.29 is 18.6 Å². The number of sulfone groups is 1. The topological polar surface area (TPSA) is 74.6 Å². The van der Waals surface area contributed by atoms with Crippen LogP contribution < -0.4 is 0 Å². The number of hydrogen-bond donors (Lipinski definition) is 2. The van der Waals surface area contributed by atoms with Crippen LogP contribution in [0.5, 0.6) is 11.5 Å². The van der Waals surface area contributed by atoms with Crippen molar-refractivity contribution >= 4 is 9.84 Å². The minimum absolute atomic E-state index is 0.0120. The summed E-state index contributed by atoms with van der Waals surface area (Å²) in [5.74, 6) is 0.667. The Balaban J connectivity index is 1.89. The van der Waals surface area contributed by atoms with Gasteiger partial charge in [-0.3, -0.25) is 0 Å². The quantitative estimate of drug-likeness (QED) is 0.296. The van der Waals surface area contributed by atoms with Crippen molar-refractivity contribution in [2.75, 3.05) is 0 Å². The summed E-state index contributed by atoms with van der Waals surface area (Å²) >= 11 is 0. The standard InChI is InChI=1S/C30H30O4S/c1-19(2)21-5-9-23(10-6-21)27-17-25(31)13-15-29(27)35(33,34)30-16-14-26(32)18-28(30)24-11-7-22(8-12-24)20(3)4/h5-20,31-32H,1-4H3. The molecule has 2 N–H and O–H groups in total. The molecule has 0 saturated carbocycles. The van der Waals surface area contributed by atoms with E-state index in [-0.39, 0.29) is 21.3 Å². The third-order valence-corrected chi connectivity index (χ3v) is 8.15. The molecule has 0 heterocycles. The molecule has 0 aliphatic heterocycles. The van der Waals surface area contributed by atoms with E-state index in [2.05, 4.69) is 27.7 Å². The van der Waals surface area contributed by atoms with E-state index in [4.69, 9.17) is 0 Å². The highest BCUT2D eigenvalue weighted by Crippen LogP contribution is 2.39. The molecule has 0 aromatic heterocycles. The maximum atomic E-state index is 14.0. The summed E-state index contributed by atoms with van der Waals surface area (Å²) in [6.07, 6.45) is 0. The fraction of sp³-hybridized carbons (Fsp3) is 0.200. The van der Waals surface area contributed by atoms with Crippen LogP contribution >= 0.6 is 0 Å². The molecular formula is C30H30O4S. The number of hydrogen-bond acceptors (Lipinski definition) is 4. The summed E-state index contributed by atoms with van der Waals surface area (Å²) in [5.41, 5.74) is 4.54. The lowest BCUT2D eigenvalue weighted by molar-refractivity contribution is 0.474. The van der Waals surface area contributed by atoms with Gasteiger partial charge in [0, 0.05) is 11.1 Å². The van der Waals surface area contributed by atoms with E-state index in [0.29, 0.717) is 34.1 Å². The maximum absolute atomic E-state index is 14.0. The van der Waals surface area contributed by atoms with Crippen LogP contribution in [-0.2, 0) is 9.84 Å². The van der Waals surface area contributed by atoms with Crippen LogP contribution in [0.25, 0.3) is 22.3 Å². The first kappa shape index (κ1) is 24.6. The SMILES string of the molecule is CC(C)c1ccc(-c2cc(O)ccc2S(=O)(=O)c2ccc(O)cc2-c2ccc(C(C)C)cc2)cc1. The van der Waals surface area contributed by atoms with E-state index >= 15 is 0 Å². The fourth-order valence-electron chi connectivity index (χ4n) is 4.17. The minimum atomic E-state index is -4.01. The Bertz CT molecular complexity index is 1340. The molecule has 180 valence electrons. The molecule has 4 nitrogen and oxygen atoms in total. The van der Waals surface area contributed by atoms with Crippen LogP contribution in [0.15, 0.2) is 94.7 Å². The molecule has 0 fully saturated rings. The van der Waals surface area contributed by atoms with Crippen LogP contribution in [0.2, 0.25) is 0 Å². The van der Waals surface area contributed by atoms with Crippen molar-refractivity contribution in [3.05, 3.63) is 96.1 Å². The zero-order valence-corrected chi connectivity index (χ0v) is 21.2. The Kier molecular flexibility index (Phi) is 6.73. The molecule has 4 aromatic rings. The summed E-state index contributed by atoms with van der Waals surface area (Å²) in [6.45, 7) is 8.39. The van der Waals surface area contributed by atoms with Gasteiger partial charge in [0.2, 0.25) is 9.84 Å². The first-order valence-corrected chi connectivity index (χ1v) is 13.2. The molecule has 4 aromatic carbocycles. The van der Waals surface area contributed by atoms with Gasteiger partial charge in [-0.05, 0) is 70.5 Å². The normalized spacial score (nSPS) is 11.8. The predicted octanol–water partition coefficient (Wildman–Crippen LogP) is 7.51. The van der Waals surface area contributed by atoms with Gasteiger partial charge in [0.1, 0.15) is 11.5 Å². The van der Waals surface area contributed by atoms with Gasteiger partial charge in [-0.15, -0.1) is 0 Å². The molecule has 0 unspecified atom stereocenters. The first-order valence-electron chi connectivity index (χ1n) is 11.7. The molecule has 0 radical (unpaired) electrons. The second kappa shape index (κ2) is 9.59. The summed E-state index contributed by atoms with van der Waals surface area (Å²) in [6, 6.07) is 24.0. The number of phenols is 2. The Morgan fingerprint density at radius 1 is 0.543 bits per heavy atom. The molecule has 0 bridgehead atoms. The second-order valence-corrected chi connectivity index (χ2v) is 11.3. The summed E-state index contributed by atoms with van der Waals surface area (Å²) in [4.78, 5) is 0.191. The Hall–Kier alpha value is -3.57. The smallest absolute Gasteiger partial charge is 0.207 e. The Labute approximate surface area is 207 Å². The maximum Gasteiger partial charge on any atom is 0.207 e. The zero-order valence-electron chi connectivity index (χ0n) is 20.4. The number of phenolic OH excluding ortho intramolecular Hbond substituents is 2. The molecule has 4 rings (SSSR count). The summed E-state index contributed by atoms with van der Waals surface area (Å²) in [5, 5.41) is 20.4. The molecule has 0 spiro atoms. The molecule has 0 amide bonds. The van der Waals surface area contributed by atoms with Crippen molar-refractivity contribution in [1.29, 1.82) is 0 Å². The second-order valence-electron chi connectivity index (χ2n) is 9.42. The number of benzene rings is 4. The lowest BCUT2D eigenvalue weighted by atomic mass is 9.98. The summed E-state index contributed by atoms with van der Waals surface area (Å²) < 4.78 is 28.1. The van der Waals surface area contributed by atoms with Gasteiger partial charge in [-0.2, -0.15) is 0 Å². The van der Waals surface area contributed by atoms with Crippen LogP contribution in [0.1, 0.15) is 50.7 Å². The monoisotopic (exact) mass is 486 g/mol. The highest BCUT2D eigenvalue weighted by Gasteiger charge is 2.26. The van der Waals surface area contributed by atoms with Gasteiger partial charge in [0.25, 0.3) is 0 Å². The van der Waals surface area contributed by atoms with Gasteiger partial charge >= 0.3 is 0 Å². The number of rotatable bonds is 6. The average Bonchev–Trinajstić information content (AvgIpc) is 2.83. The van der Waals surface area contributed by atoms with Crippen molar-refractivity contribution in [3.63, 3.8) is 0 Å². The third-order valence-electron chi connectivity index (χ3n) is 6.28. The first-order chi connectivity index (χ1) is 16.6. The average molecular weight is 487 g/mol. The highest BCUT2D eigenvalue weighted by molar-refractivity contribution is 7.91. The van der Waals surface area contributed by atoms with E-state index in [1.807, 2.05) is 48.5 Å². The minimum Gasteiger partial charge on any atom is -0.508 e. The molecule has 0 aliphatic rings. The molecule has 0 atom stereocenters. The van der Waals surface area contributed by atoms with Gasteiger partial charge in [0.15, 0.2) is 0 Å². The lowest BCUT2D eigenvalue weighted by Gasteiger charge is -2.16. The molecule has 35 heavy (non-hydrogen) atoms. The highest BCUT2D eigenvalue weighted by atomic mass is 32.2. The van der Waals surface area contributed by atoms with Crippen LogP contribution in [0, 0.1) is 0 Å². The number of aromatic hydroxyl groups is 2. The van der Waals surface area contributed by atoms with Crippen molar-refractivity contribution in [3.8, 4) is 33.8 Å². The Morgan fingerprint density at radius 3 is 1.20 bits per heavy atom. The van der Waals surface area contributed by atoms with E-state index in [1.54, 1.807) is 0 Å². The fourth-order valence-corrected chi connectivity index (χ4v) is 5.83. The van der Waals surface area contributed by atoms with Gasteiger partial charge < -0.3 is 10.2 Å². The van der Waals surface area contributed by atoms with Gasteiger partial charge in [0.05, 0.1) is 9.79 Å². The van der Waals surface area contributed by atoms with E-state index < -0.39 is 9.84 Å². The van der Waals surface area contributed by atoms with Crippen LogP contribution in [0.3, 0.4) is 0 Å². The molecular weight excluding hydrogens is 456 g/mol.